The van der Waals surface area contributed by atoms with Crippen LogP contribution in [0.25, 0.3) is 0 Å². The van der Waals surface area contributed by atoms with Crippen molar-refractivity contribution in [1.29, 1.82) is 0 Å². The minimum absolute atomic E-state index is 0.730. The fraction of sp³-hybridized carbons (Fsp3) is 0.214. The first-order valence-corrected chi connectivity index (χ1v) is 7.61. The normalized spacial score (nSPS) is 11.2. The number of aryl methyl sites for hydroxylation is 1. The molecule has 0 aliphatic rings. The van der Waals surface area contributed by atoms with Crippen molar-refractivity contribution in [3.8, 4) is 0 Å². The van der Waals surface area contributed by atoms with Gasteiger partial charge in [0.1, 0.15) is 5.76 Å². The quantitative estimate of drug-likeness (QED) is 0.516. The van der Waals surface area contributed by atoms with Gasteiger partial charge in [-0.25, -0.2) is 0 Å². The standard InChI is InChI=1S/C14H14BrIN2O/c1-9-6-10(16)4-5-13(9)17-8-11-7-12(15)14(19-11)18(2)3/h4-8H,1-3H3. The van der Waals surface area contributed by atoms with Gasteiger partial charge in [0.2, 0.25) is 5.88 Å². The van der Waals surface area contributed by atoms with Crippen molar-refractivity contribution in [3.05, 3.63) is 43.6 Å². The van der Waals surface area contributed by atoms with E-state index in [0.717, 1.165) is 27.4 Å². The predicted octanol–water partition coefficient (Wildman–Crippen LogP) is 4.77. The molecule has 0 amide bonds. The Morgan fingerprint density at radius 2 is 2.05 bits per heavy atom. The second-order valence-electron chi connectivity index (χ2n) is 4.39. The Hall–Kier alpha value is -0.820. The summed E-state index contributed by atoms with van der Waals surface area (Å²) in [6.45, 7) is 2.05. The molecule has 5 heteroatoms. The van der Waals surface area contributed by atoms with Gasteiger partial charge in [0.05, 0.1) is 16.4 Å². The minimum Gasteiger partial charge on any atom is -0.438 e. The number of nitrogens with zero attached hydrogens (tertiary/aromatic N) is 2. The Kier molecular flexibility index (Phi) is 4.67. The van der Waals surface area contributed by atoms with Crippen molar-refractivity contribution < 1.29 is 4.42 Å². The van der Waals surface area contributed by atoms with Crippen LogP contribution in [0.2, 0.25) is 0 Å². The van der Waals surface area contributed by atoms with E-state index in [9.17, 15) is 0 Å². The third-order valence-corrected chi connectivity index (χ3v) is 3.82. The summed E-state index contributed by atoms with van der Waals surface area (Å²) in [6, 6.07) is 8.08. The number of anilines is 1. The molecule has 100 valence electrons. The van der Waals surface area contributed by atoms with Crippen LogP contribution in [0.4, 0.5) is 11.6 Å². The van der Waals surface area contributed by atoms with E-state index in [-0.39, 0.29) is 0 Å². The third kappa shape index (κ3) is 3.60. The van der Waals surface area contributed by atoms with Gasteiger partial charge in [-0.05, 0) is 69.2 Å². The molecule has 0 unspecified atom stereocenters. The molecule has 0 saturated heterocycles. The highest BCUT2D eigenvalue weighted by molar-refractivity contribution is 14.1. The van der Waals surface area contributed by atoms with Crippen LogP contribution in [0.3, 0.4) is 0 Å². The monoisotopic (exact) mass is 432 g/mol. The first-order valence-electron chi connectivity index (χ1n) is 5.74. The molecule has 0 bridgehead atoms. The Morgan fingerprint density at radius 3 is 2.63 bits per heavy atom. The predicted molar refractivity (Wildman–Crippen MR) is 91.9 cm³/mol. The van der Waals surface area contributed by atoms with Crippen molar-refractivity contribution in [2.24, 2.45) is 4.99 Å². The van der Waals surface area contributed by atoms with Crippen LogP contribution in [0.5, 0.6) is 0 Å². The van der Waals surface area contributed by atoms with Crippen molar-refractivity contribution in [2.45, 2.75) is 6.92 Å². The van der Waals surface area contributed by atoms with Crippen LogP contribution in [-0.2, 0) is 0 Å². The molecule has 0 fully saturated rings. The maximum absolute atomic E-state index is 5.69. The van der Waals surface area contributed by atoms with E-state index in [1.165, 1.54) is 3.57 Å². The molecule has 0 radical (unpaired) electrons. The first-order chi connectivity index (χ1) is 8.97. The average Bonchev–Trinajstić information content (AvgIpc) is 2.69. The molecule has 1 heterocycles. The number of hydrogen-bond acceptors (Lipinski definition) is 3. The summed E-state index contributed by atoms with van der Waals surface area (Å²) in [5.41, 5.74) is 2.11. The van der Waals surface area contributed by atoms with E-state index >= 15 is 0 Å². The lowest BCUT2D eigenvalue weighted by Gasteiger charge is -2.07. The highest BCUT2D eigenvalue weighted by Gasteiger charge is 2.09. The minimum atomic E-state index is 0.730. The summed E-state index contributed by atoms with van der Waals surface area (Å²) in [5, 5.41) is 0. The van der Waals surface area contributed by atoms with Crippen molar-refractivity contribution in [2.75, 3.05) is 19.0 Å². The maximum atomic E-state index is 5.69. The van der Waals surface area contributed by atoms with Crippen LogP contribution >= 0.6 is 38.5 Å². The topological polar surface area (TPSA) is 28.7 Å². The molecular weight excluding hydrogens is 419 g/mol. The van der Waals surface area contributed by atoms with Crippen molar-refractivity contribution in [3.63, 3.8) is 0 Å². The largest absolute Gasteiger partial charge is 0.438 e. The fourth-order valence-corrected chi connectivity index (χ4v) is 2.95. The smallest absolute Gasteiger partial charge is 0.210 e. The van der Waals surface area contributed by atoms with Crippen LogP contribution in [0.1, 0.15) is 11.3 Å². The number of benzene rings is 1. The molecule has 2 aromatic rings. The lowest BCUT2D eigenvalue weighted by Crippen LogP contribution is -2.07. The maximum Gasteiger partial charge on any atom is 0.210 e. The summed E-state index contributed by atoms with van der Waals surface area (Å²) >= 11 is 5.76. The van der Waals surface area contributed by atoms with Crippen molar-refractivity contribution >= 4 is 56.3 Å². The van der Waals surface area contributed by atoms with E-state index in [1.54, 1.807) is 6.21 Å². The van der Waals surface area contributed by atoms with E-state index < -0.39 is 0 Å². The van der Waals surface area contributed by atoms with Crippen LogP contribution in [-0.4, -0.2) is 20.3 Å². The zero-order chi connectivity index (χ0) is 14.0. The van der Waals surface area contributed by atoms with Gasteiger partial charge in [-0.3, -0.25) is 4.99 Å². The number of aliphatic imine (C=N–C) groups is 1. The SMILES string of the molecule is Cc1cc(I)ccc1N=Cc1cc(Br)c(N(C)C)o1. The summed E-state index contributed by atoms with van der Waals surface area (Å²) in [7, 11) is 3.88. The zero-order valence-electron chi connectivity index (χ0n) is 10.9. The lowest BCUT2D eigenvalue weighted by molar-refractivity contribution is 0.557. The second kappa shape index (κ2) is 6.09. The Labute approximate surface area is 135 Å². The molecule has 0 saturated carbocycles. The molecule has 19 heavy (non-hydrogen) atoms. The number of furan rings is 1. The summed E-state index contributed by atoms with van der Waals surface area (Å²) < 4.78 is 7.83. The van der Waals surface area contributed by atoms with Gasteiger partial charge < -0.3 is 9.32 Å². The molecular formula is C14H14BrIN2O. The lowest BCUT2D eigenvalue weighted by atomic mass is 10.2. The highest BCUT2D eigenvalue weighted by Crippen LogP contribution is 2.28. The summed E-state index contributed by atoms with van der Waals surface area (Å²) in [4.78, 5) is 6.38. The summed E-state index contributed by atoms with van der Waals surface area (Å²) in [6.07, 6.45) is 1.74. The molecule has 0 spiro atoms. The molecule has 0 N–H and O–H groups in total. The van der Waals surface area contributed by atoms with Gasteiger partial charge in [0.15, 0.2) is 0 Å². The first kappa shape index (κ1) is 14.6. The zero-order valence-corrected chi connectivity index (χ0v) is 14.7. The van der Waals surface area contributed by atoms with Gasteiger partial charge in [0, 0.05) is 23.7 Å². The van der Waals surface area contributed by atoms with Gasteiger partial charge >= 0.3 is 0 Å². The van der Waals surface area contributed by atoms with E-state index in [1.807, 2.05) is 37.2 Å². The van der Waals surface area contributed by atoms with Crippen LogP contribution < -0.4 is 4.90 Å². The highest BCUT2D eigenvalue weighted by atomic mass is 127. The molecule has 2 rings (SSSR count). The summed E-state index contributed by atoms with van der Waals surface area (Å²) in [5.74, 6) is 1.52. The Bertz CT molecular complexity index is 620. The third-order valence-electron chi connectivity index (χ3n) is 2.58. The molecule has 1 aromatic heterocycles. The van der Waals surface area contributed by atoms with Crippen molar-refractivity contribution in [1.82, 2.24) is 0 Å². The molecule has 0 aliphatic carbocycles. The van der Waals surface area contributed by atoms with Gasteiger partial charge in [0.25, 0.3) is 0 Å². The molecule has 0 aliphatic heterocycles. The van der Waals surface area contributed by atoms with E-state index in [0.29, 0.717) is 0 Å². The molecule has 0 atom stereocenters. The van der Waals surface area contributed by atoms with E-state index in [4.69, 9.17) is 4.42 Å². The molecule has 3 nitrogen and oxygen atoms in total. The van der Waals surface area contributed by atoms with E-state index in [2.05, 4.69) is 56.5 Å². The molecule has 1 aromatic carbocycles. The van der Waals surface area contributed by atoms with Gasteiger partial charge in [-0.1, -0.05) is 0 Å². The van der Waals surface area contributed by atoms with Gasteiger partial charge in [-0.2, -0.15) is 0 Å². The Balaban J connectivity index is 2.25. The average molecular weight is 433 g/mol. The van der Waals surface area contributed by atoms with Crippen LogP contribution in [0, 0.1) is 10.5 Å². The number of rotatable bonds is 3. The number of hydrogen-bond donors (Lipinski definition) is 0. The number of halogens is 2. The Morgan fingerprint density at radius 1 is 1.32 bits per heavy atom. The second-order valence-corrected chi connectivity index (χ2v) is 6.49. The fourth-order valence-electron chi connectivity index (χ4n) is 1.64. The van der Waals surface area contributed by atoms with Crippen LogP contribution in [0.15, 0.2) is 38.1 Å². The van der Waals surface area contributed by atoms with Gasteiger partial charge in [-0.15, -0.1) is 0 Å².